The van der Waals surface area contributed by atoms with E-state index in [9.17, 15) is 4.79 Å². The van der Waals surface area contributed by atoms with E-state index in [2.05, 4.69) is 9.98 Å². The SMILES string of the molecule is CN=C(C)c1c(C=N)nc(SCC(=O)N2CCCC2)n(-c2ccccc2)c1=N. The lowest BCUT2D eigenvalue weighted by Gasteiger charge is -2.18. The molecule has 0 saturated carbocycles. The van der Waals surface area contributed by atoms with Gasteiger partial charge in [0.05, 0.1) is 17.0 Å². The largest absolute Gasteiger partial charge is 0.342 e. The lowest BCUT2D eigenvalue weighted by molar-refractivity contribution is -0.127. The van der Waals surface area contributed by atoms with Gasteiger partial charge in [0.2, 0.25) is 5.91 Å². The molecule has 0 aliphatic carbocycles. The van der Waals surface area contributed by atoms with Crippen molar-refractivity contribution in [3.63, 3.8) is 0 Å². The Labute approximate surface area is 168 Å². The fraction of sp³-hybridized carbons (Fsp3) is 0.350. The van der Waals surface area contributed by atoms with Gasteiger partial charge in [0, 0.05) is 37.8 Å². The molecule has 1 saturated heterocycles. The minimum absolute atomic E-state index is 0.0854. The van der Waals surface area contributed by atoms with Crippen LogP contribution in [0.4, 0.5) is 0 Å². The number of aromatic nitrogens is 2. The first-order chi connectivity index (χ1) is 13.6. The molecule has 3 rings (SSSR count). The number of nitrogens with zero attached hydrogens (tertiary/aromatic N) is 4. The number of carbonyl (C=O) groups excluding carboxylic acids is 1. The molecule has 28 heavy (non-hydrogen) atoms. The third kappa shape index (κ3) is 4.06. The first kappa shape index (κ1) is 20.0. The summed E-state index contributed by atoms with van der Waals surface area (Å²) in [5.74, 6) is 0.346. The van der Waals surface area contributed by atoms with Crippen molar-refractivity contribution in [1.29, 1.82) is 10.8 Å². The Kier molecular flexibility index (Phi) is 6.41. The molecule has 1 aliphatic rings. The molecule has 2 aromatic rings. The first-order valence-corrected chi connectivity index (χ1v) is 10.2. The smallest absolute Gasteiger partial charge is 0.233 e. The van der Waals surface area contributed by atoms with Crippen LogP contribution in [0, 0.1) is 10.8 Å². The summed E-state index contributed by atoms with van der Waals surface area (Å²) in [5.41, 5.74) is 2.55. The Morgan fingerprint density at radius 1 is 1.29 bits per heavy atom. The van der Waals surface area contributed by atoms with Crippen LogP contribution in [0.15, 0.2) is 40.5 Å². The molecule has 1 fully saturated rings. The lowest BCUT2D eigenvalue weighted by Crippen LogP contribution is -2.31. The van der Waals surface area contributed by atoms with Crippen LogP contribution in [0.3, 0.4) is 0 Å². The third-order valence-electron chi connectivity index (χ3n) is 4.76. The highest BCUT2D eigenvalue weighted by atomic mass is 32.2. The van der Waals surface area contributed by atoms with Crippen molar-refractivity contribution in [3.05, 3.63) is 47.1 Å². The van der Waals surface area contributed by atoms with Crippen LogP contribution in [-0.4, -0.2) is 58.2 Å². The Bertz CT molecular complexity index is 961. The number of rotatable bonds is 6. The van der Waals surface area contributed by atoms with Crippen molar-refractivity contribution in [3.8, 4) is 5.69 Å². The second-order valence-electron chi connectivity index (χ2n) is 6.50. The summed E-state index contributed by atoms with van der Waals surface area (Å²) in [4.78, 5) is 23.2. The van der Waals surface area contributed by atoms with Crippen molar-refractivity contribution in [2.24, 2.45) is 4.99 Å². The van der Waals surface area contributed by atoms with Gasteiger partial charge in [-0.15, -0.1) is 0 Å². The molecular formula is C20H24N6OS. The summed E-state index contributed by atoms with van der Waals surface area (Å²) in [6.45, 7) is 3.43. The van der Waals surface area contributed by atoms with Crippen LogP contribution in [0.1, 0.15) is 31.0 Å². The van der Waals surface area contributed by atoms with Gasteiger partial charge in [-0.3, -0.25) is 19.8 Å². The van der Waals surface area contributed by atoms with Crippen molar-refractivity contribution in [1.82, 2.24) is 14.5 Å². The van der Waals surface area contributed by atoms with E-state index in [1.54, 1.807) is 18.5 Å². The summed E-state index contributed by atoms with van der Waals surface area (Å²) >= 11 is 1.31. The second kappa shape index (κ2) is 8.97. The van der Waals surface area contributed by atoms with E-state index in [0.29, 0.717) is 22.1 Å². The van der Waals surface area contributed by atoms with Crippen molar-refractivity contribution in [2.75, 3.05) is 25.9 Å². The van der Waals surface area contributed by atoms with Gasteiger partial charge in [0.25, 0.3) is 0 Å². The minimum atomic E-state index is 0.0854. The zero-order chi connectivity index (χ0) is 20.1. The Balaban J connectivity index is 2.07. The molecule has 0 unspecified atom stereocenters. The summed E-state index contributed by atoms with van der Waals surface area (Å²) in [7, 11) is 1.66. The molecule has 2 N–H and O–H groups in total. The molecular weight excluding hydrogens is 372 g/mol. The number of benzene rings is 1. The highest BCUT2D eigenvalue weighted by Crippen LogP contribution is 2.21. The molecule has 2 heterocycles. The van der Waals surface area contributed by atoms with Crippen molar-refractivity contribution >= 4 is 29.6 Å². The maximum absolute atomic E-state index is 12.5. The average Bonchev–Trinajstić information content (AvgIpc) is 3.26. The van der Waals surface area contributed by atoms with Crippen LogP contribution < -0.4 is 5.49 Å². The summed E-state index contributed by atoms with van der Waals surface area (Å²) in [6.07, 6.45) is 3.25. The van der Waals surface area contributed by atoms with E-state index in [1.165, 1.54) is 11.8 Å². The van der Waals surface area contributed by atoms with Gasteiger partial charge in [0.15, 0.2) is 5.16 Å². The number of hydrogen-bond acceptors (Lipinski definition) is 6. The monoisotopic (exact) mass is 396 g/mol. The van der Waals surface area contributed by atoms with E-state index in [0.717, 1.165) is 37.8 Å². The zero-order valence-corrected chi connectivity index (χ0v) is 16.9. The van der Waals surface area contributed by atoms with Crippen molar-refractivity contribution < 1.29 is 4.79 Å². The second-order valence-corrected chi connectivity index (χ2v) is 7.45. The maximum atomic E-state index is 12.5. The fourth-order valence-corrected chi connectivity index (χ4v) is 4.13. The first-order valence-electron chi connectivity index (χ1n) is 9.18. The Morgan fingerprint density at radius 2 is 1.96 bits per heavy atom. The van der Waals surface area contributed by atoms with Gasteiger partial charge < -0.3 is 10.3 Å². The van der Waals surface area contributed by atoms with Gasteiger partial charge in [0.1, 0.15) is 5.49 Å². The van der Waals surface area contributed by atoms with E-state index < -0.39 is 0 Å². The molecule has 1 aromatic carbocycles. The summed E-state index contributed by atoms with van der Waals surface area (Å²) in [5, 5.41) is 17.1. The molecule has 146 valence electrons. The average molecular weight is 397 g/mol. The van der Waals surface area contributed by atoms with Gasteiger partial charge in [-0.05, 0) is 31.9 Å². The molecule has 1 aliphatic heterocycles. The summed E-state index contributed by atoms with van der Waals surface area (Å²) < 4.78 is 1.72. The van der Waals surface area contributed by atoms with Gasteiger partial charge in [-0.25, -0.2) is 4.98 Å². The van der Waals surface area contributed by atoms with Crippen molar-refractivity contribution in [2.45, 2.75) is 24.9 Å². The zero-order valence-electron chi connectivity index (χ0n) is 16.1. The predicted octanol–water partition coefficient (Wildman–Crippen LogP) is 2.50. The molecule has 1 aromatic heterocycles. The molecule has 0 radical (unpaired) electrons. The number of aliphatic imine (C=N–C) groups is 1. The highest BCUT2D eigenvalue weighted by molar-refractivity contribution is 7.99. The highest BCUT2D eigenvalue weighted by Gasteiger charge is 2.21. The third-order valence-corrected chi connectivity index (χ3v) is 5.68. The number of amides is 1. The van der Waals surface area contributed by atoms with Gasteiger partial charge in [-0.2, -0.15) is 0 Å². The number of hydrogen-bond donors (Lipinski definition) is 2. The number of para-hydroxylation sites is 1. The topological polar surface area (TPSA) is 98.2 Å². The predicted molar refractivity (Wildman–Crippen MR) is 112 cm³/mol. The van der Waals surface area contributed by atoms with Crippen LogP contribution in [0.25, 0.3) is 5.69 Å². The maximum Gasteiger partial charge on any atom is 0.233 e. The number of nitrogens with one attached hydrogen (secondary N) is 2. The van der Waals surface area contributed by atoms with Crippen LogP contribution in [-0.2, 0) is 4.79 Å². The van der Waals surface area contributed by atoms with E-state index in [-0.39, 0.29) is 17.1 Å². The Hall–Kier alpha value is -2.74. The standard InChI is InChI=1S/C20H24N6OS/c1-14(23-2)18-16(12-21)24-20(28-13-17(27)25-10-6-7-11-25)26(19(18)22)15-8-4-3-5-9-15/h3-5,8-9,12,21-22H,6-7,10-11,13H2,1-2H3. The quantitative estimate of drug-likeness (QED) is 0.446. The molecule has 0 atom stereocenters. The van der Waals surface area contributed by atoms with E-state index in [4.69, 9.17) is 10.8 Å². The van der Waals surface area contributed by atoms with Gasteiger partial charge >= 0.3 is 0 Å². The van der Waals surface area contributed by atoms with Crippen LogP contribution in [0.5, 0.6) is 0 Å². The molecule has 0 spiro atoms. The Morgan fingerprint density at radius 3 is 2.57 bits per heavy atom. The number of likely N-dealkylation sites (tertiary alicyclic amines) is 1. The number of carbonyl (C=O) groups is 1. The minimum Gasteiger partial charge on any atom is -0.342 e. The van der Waals surface area contributed by atoms with Crippen LogP contribution >= 0.6 is 11.8 Å². The van der Waals surface area contributed by atoms with E-state index in [1.807, 2.05) is 35.2 Å². The normalized spacial score (nSPS) is 14.4. The van der Waals surface area contributed by atoms with Crippen LogP contribution in [0.2, 0.25) is 0 Å². The summed E-state index contributed by atoms with van der Waals surface area (Å²) in [6, 6.07) is 9.51. The molecule has 7 nitrogen and oxygen atoms in total. The lowest BCUT2D eigenvalue weighted by atomic mass is 10.1. The van der Waals surface area contributed by atoms with Gasteiger partial charge in [-0.1, -0.05) is 30.0 Å². The molecule has 8 heteroatoms. The molecule has 1 amide bonds. The van der Waals surface area contributed by atoms with E-state index >= 15 is 0 Å². The fourth-order valence-electron chi connectivity index (χ4n) is 3.21. The molecule has 0 bridgehead atoms. The number of thioether (sulfide) groups is 1.